The van der Waals surface area contributed by atoms with E-state index in [4.69, 9.17) is 0 Å². The molecule has 0 saturated heterocycles. The van der Waals surface area contributed by atoms with Crippen molar-refractivity contribution in [3.05, 3.63) is 53.7 Å². The SMILES string of the molecule is Cn1c(=O)c(=O)[nH]c(=O)c2cc(Br)ccc21. The van der Waals surface area contributed by atoms with Crippen LogP contribution in [-0.2, 0) is 7.05 Å². The molecule has 0 bridgehead atoms. The van der Waals surface area contributed by atoms with Gasteiger partial charge in [-0.3, -0.25) is 19.4 Å². The Morgan fingerprint density at radius 1 is 1.19 bits per heavy atom. The molecule has 0 fully saturated rings. The van der Waals surface area contributed by atoms with Gasteiger partial charge >= 0.3 is 11.1 Å². The van der Waals surface area contributed by atoms with Gasteiger partial charge in [-0.2, -0.15) is 0 Å². The maximum Gasteiger partial charge on any atom is 0.316 e. The van der Waals surface area contributed by atoms with E-state index in [0.717, 1.165) is 4.57 Å². The monoisotopic (exact) mass is 282 g/mol. The summed E-state index contributed by atoms with van der Waals surface area (Å²) in [6.45, 7) is 0. The van der Waals surface area contributed by atoms with Crippen molar-refractivity contribution in [1.82, 2.24) is 9.55 Å². The molecule has 0 amide bonds. The fraction of sp³-hybridized carbons (Fsp3) is 0.100. The molecule has 1 aromatic carbocycles. The zero-order chi connectivity index (χ0) is 11.9. The highest BCUT2D eigenvalue weighted by Gasteiger charge is 2.05. The Kier molecular flexibility index (Phi) is 2.51. The fourth-order valence-corrected chi connectivity index (χ4v) is 1.83. The van der Waals surface area contributed by atoms with E-state index in [1.165, 1.54) is 7.05 Å². The van der Waals surface area contributed by atoms with Gasteiger partial charge in [0.25, 0.3) is 5.56 Å². The maximum atomic E-state index is 11.6. The molecule has 6 heteroatoms. The minimum Gasteiger partial charge on any atom is -0.306 e. The van der Waals surface area contributed by atoms with Crippen LogP contribution in [0.4, 0.5) is 0 Å². The fourth-order valence-electron chi connectivity index (χ4n) is 1.47. The number of halogens is 1. The quantitative estimate of drug-likeness (QED) is 0.709. The summed E-state index contributed by atoms with van der Waals surface area (Å²) >= 11 is 3.23. The number of rotatable bonds is 0. The summed E-state index contributed by atoms with van der Waals surface area (Å²) in [5.41, 5.74) is -1.83. The van der Waals surface area contributed by atoms with Crippen LogP contribution < -0.4 is 16.7 Å². The van der Waals surface area contributed by atoms with Crippen LogP contribution in [0, 0.1) is 0 Å². The van der Waals surface area contributed by atoms with Gasteiger partial charge in [-0.25, -0.2) is 0 Å². The van der Waals surface area contributed by atoms with Gasteiger partial charge in [0.2, 0.25) is 0 Å². The van der Waals surface area contributed by atoms with E-state index in [9.17, 15) is 14.4 Å². The Morgan fingerprint density at radius 2 is 1.88 bits per heavy atom. The average Bonchev–Trinajstić information content (AvgIpc) is 2.32. The first-order valence-electron chi connectivity index (χ1n) is 4.43. The molecule has 0 aliphatic heterocycles. The summed E-state index contributed by atoms with van der Waals surface area (Å²) in [6, 6.07) is 4.87. The first kappa shape index (κ1) is 10.8. The molecule has 82 valence electrons. The molecule has 2 aromatic rings. The molecule has 1 N–H and O–H groups in total. The molecule has 0 unspecified atom stereocenters. The van der Waals surface area contributed by atoms with Crippen molar-refractivity contribution in [1.29, 1.82) is 0 Å². The molecular formula is C10H7BrN2O3. The zero-order valence-electron chi connectivity index (χ0n) is 8.28. The van der Waals surface area contributed by atoms with Crippen LogP contribution in [0.1, 0.15) is 0 Å². The molecule has 0 atom stereocenters. The Balaban J connectivity index is 3.26. The number of fused-ring (bicyclic) bond motifs is 1. The van der Waals surface area contributed by atoms with E-state index >= 15 is 0 Å². The summed E-state index contributed by atoms with van der Waals surface area (Å²) in [5.74, 6) is 0. The molecule has 0 radical (unpaired) electrons. The van der Waals surface area contributed by atoms with E-state index in [1.54, 1.807) is 18.2 Å². The Bertz CT molecular complexity index is 746. The topological polar surface area (TPSA) is 71.9 Å². The zero-order valence-corrected chi connectivity index (χ0v) is 9.87. The average molecular weight is 283 g/mol. The molecule has 0 saturated carbocycles. The summed E-state index contributed by atoms with van der Waals surface area (Å²) in [7, 11) is 1.45. The molecule has 16 heavy (non-hydrogen) atoms. The summed E-state index contributed by atoms with van der Waals surface area (Å²) in [5, 5.41) is 0.288. The Morgan fingerprint density at radius 3 is 2.56 bits per heavy atom. The predicted molar refractivity (Wildman–Crippen MR) is 63.8 cm³/mol. The first-order chi connectivity index (χ1) is 7.50. The van der Waals surface area contributed by atoms with E-state index in [2.05, 4.69) is 15.9 Å². The molecule has 2 rings (SSSR count). The number of benzene rings is 1. The number of H-pyrrole nitrogens is 1. The first-order valence-corrected chi connectivity index (χ1v) is 5.23. The minimum absolute atomic E-state index is 0.288. The predicted octanol–water partition coefficient (Wildman–Crippen LogP) is 0.349. The van der Waals surface area contributed by atoms with Crippen molar-refractivity contribution in [3.63, 3.8) is 0 Å². The molecule has 1 aromatic heterocycles. The minimum atomic E-state index is -0.917. The van der Waals surface area contributed by atoms with Crippen LogP contribution in [-0.4, -0.2) is 9.55 Å². The number of aryl methyl sites for hydroxylation is 1. The van der Waals surface area contributed by atoms with Gasteiger partial charge in [0, 0.05) is 11.5 Å². The lowest BCUT2D eigenvalue weighted by atomic mass is 10.2. The van der Waals surface area contributed by atoms with E-state index in [1.807, 2.05) is 4.98 Å². The van der Waals surface area contributed by atoms with Gasteiger partial charge in [-0.1, -0.05) is 15.9 Å². The Labute approximate surface area is 97.5 Å². The van der Waals surface area contributed by atoms with Crippen molar-refractivity contribution in [3.8, 4) is 0 Å². The van der Waals surface area contributed by atoms with Gasteiger partial charge in [0.05, 0.1) is 10.9 Å². The highest BCUT2D eigenvalue weighted by Crippen LogP contribution is 2.14. The molecular weight excluding hydrogens is 276 g/mol. The smallest absolute Gasteiger partial charge is 0.306 e. The lowest BCUT2D eigenvalue weighted by Gasteiger charge is -1.97. The second-order valence-electron chi connectivity index (χ2n) is 3.31. The standard InChI is InChI=1S/C10H7BrN2O3/c1-13-7-3-2-5(11)4-6(7)8(14)12-9(15)10(13)16/h2-4H,1H3,(H,12,14,15). The Hall–Kier alpha value is -1.69. The van der Waals surface area contributed by atoms with Gasteiger partial charge in [0.15, 0.2) is 0 Å². The number of aromatic amines is 1. The summed E-state index contributed by atoms with van der Waals surface area (Å²) < 4.78 is 1.86. The third kappa shape index (κ3) is 1.61. The van der Waals surface area contributed by atoms with E-state index in [-0.39, 0.29) is 5.39 Å². The van der Waals surface area contributed by atoms with Crippen LogP contribution in [0.2, 0.25) is 0 Å². The second-order valence-corrected chi connectivity index (χ2v) is 4.22. The highest BCUT2D eigenvalue weighted by atomic mass is 79.9. The third-order valence-corrected chi connectivity index (χ3v) is 2.78. The van der Waals surface area contributed by atoms with Crippen molar-refractivity contribution in [2.24, 2.45) is 7.05 Å². The second kappa shape index (κ2) is 3.71. The van der Waals surface area contributed by atoms with Gasteiger partial charge in [-0.05, 0) is 18.2 Å². The van der Waals surface area contributed by atoms with Crippen LogP contribution in [0.15, 0.2) is 37.1 Å². The number of aromatic nitrogens is 2. The molecule has 0 spiro atoms. The maximum absolute atomic E-state index is 11.6. The number of nitrogens with zero attached hydrogens (tertiary/aromatic N) is 1. The lowest BCUT2D eigenvalue weighted by molar-refractivity contribution is 0.891. The molecule has 0 aliphatic rings. The number of hydrogen-bond acceptors (Lipinski definition) is 3. The summed E-state index contributed by atoms with van der Waals surface area (Å²) in [4.78, 5) is 36.4. The van der Waals surface area contributed by atoms with E-state index in [0.29, 0.717) is 9.99 Å². The van der Waals surface area contributed by atoms with Crippen molar-refractivity contribution >= 4 is 26.8 Å². The van der Waals surface area contributed by atoms with Crippen LogP contribution in [0.3, 0.4) is 0 Å². The van der Waals surface area contributed by atoms with Gasteiger partial charge in [0.1, 0.15) is 0 Å². The van der Waals surface area contributed by atoms with Crippen LogP contribution in [0.5, 0.6) is 0 Å². The summed E-state index contributed by atoms with van der Waals surface area (Å²) in [6.07, 6.45) is 0. The number of nitrogens with one attached hydrogen (secondary N) is 1. The normalized spacial score (nSPS) is 10.6. The van der Waals surface area contributed by atoms with Gasteiger partial charge in [-0.15, -0.1) is 0 Å². The molecule has 1 heterocycles. The van der Waals surface area contributed by atoms with Crippen molar-refractivity contribution in [2.75, 3.05) is 0 Å². The highest BCUT2D eigenvalue weighted by molar-refractivity contribution is 9.10. The third-order valence-electron chi connectivity index (χ3n) is 2.29. The van der Waals surface area contributed by atoms with Crippen molar-refractivity contribution < 1.29 is 0 Å². The molecule has 0 aliphatic carbocycles. The molecule has 5 nitrogen and oxygen atoms in total. The largest absolute Gasteiger partial charge is 0.316 e. The van der Waals surface area contributed by atoms with Crippen LogP contribution >= 0.6 is 15.9 Å². The lowest BCUT2D eigenvalue weighted by Crippen LogP contribution is -2.33. The van der Waals surface area contributed by atoms with Gasteiger partial charge < -0.3 is 4.57 Å². The number of hydrogen-bond donors (Lipinski definition) is 1. The van der Waals surface area contributed by atoms with E-state index < -0.39 is 16.7 Å². The van der Waals surface area contributed by atoms with Crippen molar-refractivity contribution in [2.45, 2.75) is 0 Å². The van der Waals surface area contributed by atoms with Crippen LogP contribution in [0.25, 0.3) is 10.9 Å².